The van der Waals surface area contributed by atoms with Gasteiger partial charge in [0.1, 0.15) is 5.00 Å². The lowest BCUT2D eigenvalue weighted by Gasteiger charge is -2.06. The highest BCUT2D eigenvalue weighted by molar-refractivity contribution is 7.88. The average Bonchev–Trinajstić information content (AvgIpc) is 3.27. The van der Waals surface area contributed by atoms with Gasteiger partial charge in [-0.2, -0.15) is 13.2 Å². The number of alkyl halides is 3. The molecule has 4 aromatic rings. The normalized spacial score (nSPS) is 12.5. The Hall–Kier alpha value is -2.96. The van der Waals surface area contributed by atoms with Gasteiger partial charge in [-0.15, -0.1) is 16.4 Å². The summed E-state index contributed by atoms with van der Waals surface area (Å²) < 4.78 is 64.0. The van der Waals surface area contributed by atoms with E-state index in [2.05, 4.69) is 5.10 Å². The summed E-state index contributed by atoms with van der Waals surface area (Å²) in [5.41, 5.74) is 1.48. The van der Waals surface area contributed by atoms with E-state index in [9.17, 15) is 26.4 Å². The molecule has 7 nitrogen and oxygen atoms in total. The molecule has 35 heavy (non-hydrogen) atoms. The van der Waals surface area contributed by atoms with E-state index in [1.807, 2.05) is 31.2 Å². The first kappa shape index (κ1) is 25.1. The molecule has 0 aliphatic carbocycles. The van der Waals surface area contributed by atoms with E-state index in [4.69, 9.17) is 5.14 Å². The number of nitrogens with zero attached hydrogens (tertiary/aromatic N) is 3. The minimum atomic E-state index is -4.25. The minimum Gasteiger partial charge on any atom is -0.246 e. The highest BCUT2D eigenvalue weighted by Crippen LogP contribution is 2.35. The van der Waals surface area contributed by atoms with Crippen molar-refractivity contribution in [2.24, 2.45) is 5.14 Å². The molecular weight excluding hydrogens is 501 g/mol. The lowest BCUT2D eigenvalue weighted by atomic mass is 10.1. The van der Waals surface area contributed by atoms with Crippen LogP contribution in [0.25, 0.3) is 26.5 Å². The zero-order valence-corrected chi connectivity index (χ0v) is 20.4. The van der Waals surface area contributed by atoms with E-state index in [1.165, 1.54) is 20.6 Å². The van der Waals surface area contributed by atoms with Crippen molar-refractivity contribution in [1.29, 1.82) is 0 Å². The molecule has 12 heteroatoms. The Morgan fingerprint density at radius 3 is 2.37 bits per heavy atom. The molecule has 2 heterocycles. The number of primary sulfonamides is 1. The van der Waals surface area contributed by atoms with Crippen LogP contribution in [0.4, 0.5) is 13.2 Å². The number of hydrogen-bond acceptors (Lipinski definition) is 5. The van der Waals surface area contributed by atoms with E-state index >= 15 is 0 Å². The van der Waals surface area contributed by atoms with Gasteiger partial charge >= 0.3 is 11.9 Å². The third-order valence-corrected chi connectivity index (χ3v) is 7.51. The number of halogens is 3. The first-order valence-electron chi connectivity index (χ1n) is 10.8. The van der Waals surface area contributed by atoms with Crippen LogP contribution in [0, 0.1) is 6.92 Å². The fourth-order valence-electron chi connectivity index (χ4n) is 3.87. The van der Waals surface area contributed by atoms with Crippen LogP contribution < -0.4 is 10.8 Å². The molecule has 4 rings (SSSR count). The third-order valence-electron chi connectivity index (χ3n) is 5.52. The highest BCUT2D eigenvalue weighted by Gasteiger charge is 2.26. The second-order valence-electron chi connectivity index (χ2n) is 8.27. The van der Waals surface area contributed by atoms with Crippen LogP contribution in [-0.4, -0.2) is 28.9 Å². The summed E-state index contributed by atoms with van der Waals surface area (Å²) in [6.45, 7) is 1.95. The zero-order chi connectivity index (χ0) is 25.4. The summed E-state index contributed by atoms with van der Waals surface area (Å²) in [6, 6.07) is 14.2. The molecule has 2 aromatic heterocycles. The van der Waals surface area contributed by atoms with E-state index in [0.717, 1.165) is 15.6 Å². The van der Waals surface area contributed by atoms with Gasteiger partial charge in [-0.1, -0.05) is 42.5 Å². The number of thiophene rings is 1. The Kier molecular flexibility index (Phi) is 6.89. The molecule has 0 aliphatic heterocycles. The van der Waals surface area contributed by atoms with Crippen LogP contribution in [0.2, 0.25) is 0 Å². The largest absolute Gasteiger partial charge is 0.389 e. The topological polar surface area (TPSA) is 100.0 Å². The van der Waals surface area contributed by atoms with Crippen molar-refractivity contribution >= 4 is 31.4 Å². The molecule has 0 saturated carbocycles. The van der Waals surface area contributed by atoms with Gasteiger partial charge in [0.25, 0.3) is 0 Å². The van der Waals surface area contributed by atoms with Gasteiger partial charge in [-0.3, -0.25) is 0 Å². The van der Waals surface area contributed by atoms with Crippen LogP contribution in [0.1, 0.15) is 30.4 Å². The van der Waals surface area contributed by atoms with Gasteiger partial charge in [-0.25, -0.2) is 27.6 Å². The molecule has 0 saturated heterocycles. The number of unbranched alkanes of at least 4 members (excludes halogenated alkanes) is 1. The smallest absolute Gasteiger partial charge is 0.246 e. The summed E-state index contributed by atoms with van der Waals surface area (Å²) in [5, 5.41) is 11.2. The number of sulfonamides is 1. The standard InChI is InChI=1S/C23H23F3N4O3S2/c1-15-18-6-2-3-7-19(18)34-21(15)30-20(17-10-8-16(9-11-17)14-35(27,32)33)28-29(22(30)31)13-5-4-12-23(24,25)26/h2-3,6-11H,4-5,12-14H2,1H3,(H2,27,32,33). The first-order valence-corrected chi connectivity index (χ1v) is 13.3. The van der Waals surface area contributed by atoms with Crippen LogP contribution in [0.5, 0.6) is 0 Å². The van der Waals surface area contributed by atoms with Gasteiger partial charge in [-0.05, 0) is 42.3 Å². The van der Waals surface area contributed by atoms with Crippen molar-refractivity contribution in [3.05, 3.63) is 70.1 Å². The molecule has 0 unspecified atom stereocenters. The molecule has 0 spiro atoms. The fraction of sp³-hybridized carbons (Fsp3) is 0.304. The van der Waals surface area contributed by atoms with Crippen LogP contribution in [-0.2, 0) is 22.3 Å². The van der Waals surface area contributed by atoms with Gasteiger partial charge in [0.05, 0.1) is 5.75 Å². The van der Waals surface area contributed by atoms with Crippen molar-refractivity contribution in [3.63, 3.8) is 0 Å². The number of rotatable bonds is 8. The molecule has 0 aliphatic rings. The number of benzene rings is 2. The van der Waals surface area contributed by atoms with E-state index in [0.29, 0.717) is 22.0 Å². The van der Waals surface area contributed by atoms with Crippen molar-refractivity contribution in [2.45, 2.75) is 44.7 Å². The zero-order valence-electron chi connectivity index (χ0n) is 18.7. The van der Waals surface area contributed by atoms with Gasteiger partial charge in [0.15, 0.2) is 5.82 Å². The van der Waals surface area contributed by atoms with Gasteiger partial charge in [0, 0.05) is 23.2 Å². The number of aromatic nitrogens is 3. The molecule has 2 aromatic carbocycles. The van der Waals surface area contributed by atoms with Crippen molar-refractivity contribution < 1.29 is 21.6 Å². The molecular formula is C23H23F3N4O3S2. The number of hydrogen-bond donors (Lipinski definition) is 1. The Bertz CT molecular complexity index is 1520. The summed E-state index contributed by atoms with van der Waals surface area (Å²) >= 11 is 1.42. The lowest BCUT2D eigenvalue weighted by Crippen LogP contribution is -2.24. The second kappa shape index (κ2) is 9.59. The molecule has 0 radical (unpaired) electrons. The van der Waals surface area contributed by atoms with Gasteiger partial charge in [0.2, 0.25) is 10.0 Å². The highest BCUT2D eigenvalue weighted by atomic mass is 32.2. The summed E-state index contributed by atoms with van der Waals surface area (Å²) in [5.74, 6) is -0.00832. The Morgan fingerprint density at radius 1 is 1.06 bits per heavy atom. The summed E-state index contributed by atoms with van der Waals surface area (Å²) in [6.07, 6.45) is -5.13. The average molecular weight is 525 g/mol. The van der Waals surface area contributed by atoms with Crippen molar-refractivity contribution in [1.82, 2.24) is 14.3 Å². The minimum absolute atomic E-state index is 0.0440. The Morgan fingerprint density at radius 2 is 1.74 bits per heavy atom. The molecule has 0 bridgehead atoms. The first-order chi connectivity index (χ1) is 16.4. The molecule has 186 valence electrons. The van der Waals surface area contributed by atoms with Gasteiger partial charge < -0.3 is 0 Å². The number of fused-ring (bicyclic) bond motifs is 1. The predicted octanol–water partition coefficient (Wildman–Crippen LogP) is 4.75. The quantitative estimate of drug-likeness (QED) is 0.336. The third kappa shape index (κ3) is 5.82. The SMILES string of the molecule is Cc1c(-n2c(-c3ccc(CS(N)(=O)=O)cc3)nn(CCCCC(F)(F)F)c2=O)sc2ccccc12. The lowest BCUT2D eigenvalue weighted by molar-refractivity contribution is -0.135. The summed E-state index contributed by atoms with van der Waals surface area (Å²) in [7, 11) is -3.71. The van der Waals surface area contributed by atoms with E-state index in [1.54, 1.807) is 24.3 Å². The summed E-state index contributed by atoms with van der Waals surface area (Å²) in [4.78, 5) is 13.4. The Labute approximate surface area is 203 Å². The van der Waals surface area contributed by atoms with E-state index in [-0.39, 0.29) is 25.1 Å². The van der Waals surface area contributed by atoms with Crippen LogP contribution >= 0.6 is 11.3 Å². The van der Waals surface area contributed by atoms with Crippen molar-refractivity contribution in [3.8, 4) is 16.4 Å². The van der Waals surface area contributed by atoms with Crippen LogP contribution in [0.15, 0.2) is 53.3 Å². The maximum atomic E-state index is 13.4. The van der Waals surface area contributed by atoms with Crippen molar-refractivity contribution in [2.75, 3.05) is 0 Å². The van der Waals surface area contributed by atoms with Crippen LogP contribution in [0.3, 0.4) is 0 Å². The molecule has 0 amide bonds. The second-order valence-corrected chi connectivity index (χ2v) is 10.9. The predicted molar refractivity (Wildman–Crippen MR) is 130 cm³/mol. The maximum absolute atomic E-state index is 13.4. The molecule has 0 fully saturated rings. The maximum Gasteiger partial charge on any atom is 0.389 e. The Balaban J connectivity index is 1.77. The number of nitrogens with two attached hydrogens (primary N) is 1. The number of aryl methyl sites for hydroxylation is 2. The molecule has 2 N–H and O–H groups in total. The molecule has 0 atom stereocenters. The fourth-order valence-corrected chi connectivity index (χ4v) is 5.73. The van der Waals surface area contributed by atoms with E-state index < -0.39 is 28.3 Å². The monoisotopic (exact) mass is 524 g/mol.